The molecule has 15 heavy (non-hydrogen) atoms. The predicted molar refractivity (Wildman–Crippen MR) is 57.6 cm³/mol. The number of piperidine rings is 1. The van der Waals surface area contributed by atoms with E-state index < -0.39 is 5.82 Å². The van der Waals surface area contributed by atoms with Crippen LogP contribution < -0.4 is 10.6 Å². The normalized spacial score (nSPS) is 17.7. The molecular formula is C11H15FN2O. The molecule has 2 rings (SSSR count). The molecular weight excluding hydrogens is 195 g/mol. The van der Waals surface area contributed by atoms with Crippen molar-refractivity contribution in [3.63, 3.8) is 0 Å². The third kappa shape index (κ3) is 2.59. The van der Waals surface area contributed by atoms with E-state index in [0.29, 0.717) is 11.7 Å². The van der Waals surface area contributed by atoms with Crippen LogP contribution in [0.2, 0.25) is 0 Å². The lowest BCUT2D eigenvalue weighted by Gasteiger charge is -2.25. The van der Waals surface area contributed by atoms with Gasteiger partial charge in [0, 0.05) is 12.1 Å². The molecule has 0 bridgehead atoms. The predicted octanol–water partition coefficient (Wildman–Crippen LogP) is 1.70. The van der Waals surface area contributed by atoms with E-state index in [9.17, 15) is 9.50 Å². The summed E-state index contributed by atoms with van der Waals surface area (Å²) in [5.74, 6) is -0.433. The lowest BCUT2D eigenvalue weighted by atomic mass is 10.1. The van der Waals surface area contributed by atoms with Crippen LogP contribution in [-0.2, 0) is 0 Å². The molecule has 1 aliphatic heterocycles. The molecule has 82 valence electrons. The molecule has 0 amide bonds. The highest BCUT2D eigenvalue weighted by atomic mass is 19.1. The van der Waals surface area contributed by atoms with Crippen LogP contribution in [0.5, 0.6) is 5.75 Å². The van der Waals surface area contributed by atoms with Gasteiger partial charge in [-0.1, -0.05) is 0 Å². The number of aromatic hydroxyl groups is 1. The lowest BCUT2D eigenvalue weighted by Crippen LogP contribution is -2.35. The van der Waals surface area contributed by atoms with Gasteiger partial charge in [0.15, 0.2) is 0 Å². The molecule has 0 radical (unpaired) electrons. The molecule has 1 aromatic rings. The zero-order valence-corrected chi connectivity index (χ0v) is 8.46. The topological polar surface area (TPSA) is 44.3 Å². The maximum absolute atomic E-state index is 12.7. The van der Waals surface area contributed by atoms with E-state index in [1.807, 2.05) is 0 Å². The average molecular weight is 210 g/mol. The first-order valence-corrected chi connectivity index (χ1v) is 5.21. The van der Waals surface area contributed by atoms with Crippen LogP contribution in [0.15, 0.2) is 18.2 Å². The Hall–Kier alpha value is -1.29. The van der Waals surface area contributed by atoms with Crippen LogP contribution in [0.3, 0.4) is 0 Å². The summed E-state index contributed by atoms with van der Waals surface area (Å²) in [4.78, 5) is 0. The van der Waals surface area contributed by atoms with Gasteiger partial charge in [-0.2, -0.15) is 0 Å². The molecule has 0 saturated carbocycles. The van der Waals surface area contributed by atoms with Gasteiger partial charge in [-0.25, -0.2) is 4.39 Å². The first-order chi connectivity index (χ1) is 7.25. The van der Waals surface area contributed by atoms with Crippen molar-refractivity contribution in [1.82, 2.24) is 5.32 Å². The summed E-state index contributed by atoms with van der Waals surface area (Å²) in [6.45, 7) is 1.97. The van der Waals surface area contributed by atoms with E-state index in [-0.39, 0.29) is 5.75 Å². The SMILES string of the molecule is Oc1cc(F)ccc1NC1CCNCC1. The molecule has 1 heterocycles. The Labute approximate surface area is 88.3 Å². The Morgan fingerprint density at radius 2 is 2.07 bits per heavy atom. The molecule has 1 fully saturated rings. The maximum atomic E-state index is 12.7. The smallest absolute Gasteiger partial charge is 0.141 e. The second kappa shape index (κ2) is 4.49. The quantitative estimate of drug-likeness (QED) is 0.651. The second-order valence-electron chi connectivity index (χ2n) is 3.83. The Morgan fingerprint density at radius 3 is 2.73 bits per heavy atom. The Kier molecular flexibility index (Phi) is 3.06. The Morgan fingerprint density at radius 1 is 1.33 bits per heavy atom. The largest absolute Gasteiger partial charge is 0.506 e. The van der Waals surface area contributed by atoms with Crippen molar-refractivity contribution in [2.45, 2.75) is 18.9 Å². The Bertz CT molecular complexity index is 337. The van der Waals surface area contributed by atoms with Gasteiger partial charge in [-0.15, -0.1) is 0 Å². The number of nitrogens with one attached hydrogen (secondary N) is 2. The van der Waals surface area contributed by atoms with Gasteiger partial charge < -0.3 is 15.7 Å². The molecule has 4 heteroatoms. The summed E-state index contributed by atoms with van der Waals surface area (Å²) in [6, 6.07) is 4.42. The van der Waals surface area contributed by atoms with E-state index in [4.69, 9.17) is 0 Å². The van der Waals surface area contributed by atoms with Crippen molar-refractivity contribution in [2.24, 2.45) is 0 Å². The van der Waals surface area contributed by atoms with Crippen LogP contribution in [0.4, 0.5) is 10.1 Å². The van der Waals surface area contributed by atoms with Gasteiger partial charge >= 0.3 is 0 Å². The summed E-state index contributed by atoms with van der Waals surface area (Å²) in [6.07, 6.45) is 2.05. The van der Waals surface area contributed by atoms with Gasteiger partial charge in [-0.3, -0.25) is 0 Å². The minimum absolute atomic E-state index is 0.0199. The molecule has 3 nitrogen and oxygen atoms in total. The minimum Gasteiger partial charge on any atom is -0.506 e. The highest BCUT2D eigenvalue weighted by Crippen LogP contribution is 2.25. The number of benzene rings is 1. The molecule has 0 aromatic heterocycles. The van der Waals surface area contributed by atoms with Crippen LogP contribution in [0.1, 0.15) is 12.8 Å². The summed E-state index contributed by atoms with van der Waals surface area (Å²) in [5, 5.41) is 16.0. The highest BCUT2D eigenvalue weighted by molar-refractivity contribution is 5.56. The van der Waals surface area contributed by atoms with Gasteiger partial charge in [0.05, 0.1) is 5.69 Å². The van der Waals surface area contributed by atoms with E-state index in [2.05, 4.69) is 10.6 Å². The van der Waals surface area contributed by atoms with Crippen LogP contribution >= 0.6 is 0 Å². The monoisotopic (exact) mass is 210 g/mol. The summed E-state index contributed by atoms with van der Waals surface area (Å²) in [7, 11) is 0. The molecule has 1 aromatic carbocycles. The lowest BCUT2D eigenvalue weighted by molar-refractivity contribution is 0.459. The van der Waals surface area contributed by atoms with Crippen LogP contribution in [-0.4, -0.2) is 24.2 Å². The maximum Gasteiger partial charge on any atom is 0.141 e. The second-order valence-corrected chi connectivity index (χ2v) is 3.83. The first kappa shape index (κ1) is 10.2. The molecule has 3 N–H and O–H groups in total. The summed E-state index contributed by atoms with van der Waals surface area (Å²) in [5.41, 5.74) is 0.614. The zero-order chi connectivity index (χ0) is 10.7. The number of hydrogen-bond acceptors (Lipinski definition) is 3. The molecule has 0 atom stereocenters. The Balaban J connectivity index is 2.03. The summed E-state index contributed by atoms with van der Waals surface area (Å²) < 4.78 is 12.7. The van der Waals surface area contributed by atoms with Gasteiger partial charge in [-0.05, 0) is 38.1 Å². The fraction of sp³-hybridized carbons (Fsp3) is 0.455. The van der Waals surface area contributed by atoms with Crippen LogP contribution in [0, 0.1) is 5.82 Å². The van der Waals surface area contributed by atoms with E-state index in [1.165, 1.54) is 6.07 Å². The van der Waals surface area contributed by atoms with Crippen molar-refractivity contribution in [2.75, 3.05) is 18.4 Å². The standard InChI is InChI=1S/C11H15FN2O/c12-8-1-2-10(11(15)7-8)14-9-3-5-13-6-4-9/h1-2,7,9,13-15H,3-6H2. The van der Waals surface area contributed by atoms with E-state index in [1.54, 1.807) is 6.07 Å². The number of phenolic OH excluding ortho intramolecular Hbond substituents is 1. The fourth-order valence-electron chi connectivity index (χ4n) is 1.81. The minimum atomic E-state index is -0.414. The molecule has 1 saturated heterocycles. The van der Waals surface area contributed by atoms with Gasteiger partial charge in [0.1, 0.15) is 11.6 Å². The van der Waals surface area contributed by atoms with Crippen molar-refractivity contribution in [1.29, 1.82) is 0 Å². The molecule has 0 unspecified atom stereocenters. The van der Waals surface area contributed by atoms with Crippen molar-refractivity contribution >= 4 is 5.69 Å². The van der Waals surface area contributed by atoms with Crippen molar-refractivity contribution < 1.29 is 9.50 Å². The summed E-state index contributed by atoms with van der Waals surface area (Å²) >= 11 is 0. The number of hydrogen-bond donors (Lipinski definition) is 3. The van der Waals surface area contributed by atoms with E-state index >= 15 is 0 Å². The average Bonchev–Trinajstić information content (AvgIpc) is 2.24. The number of anilines is 1. The van der Waals surface area contributed by atoms with Crippen molar-refractivity contribution in [3.8, 4) is 5.75 Å². The third-order valence-corrected chi connectivity index (χ3v) is 2.66. The zero-order valence-electron chi connectivity index (χ0n) is 8.46. The van der Waals surface area contributed by atoms with E-state index in [0.717, 1.165) is 32.0 Å². The highest BCUT2D eigenvalue weighted by Gasteiger charge is 2.13. The molecule has 0 aliphatic carbocycles. The fourth-order valence-corrected chi connectivity index (χ4v) is 1.81. The van der Waals surface area contributed by atoms with Gasteiger partial charge in [0.2, 0.25) is 0 Å². The first-order valence-electron chi connectivity index (χ1n) is 5.21. The number of rotatable bonds is 2. The van der Waals surface area contributed by atoms with Gasteiger partial charge in [0.25, 0.3) is 0 Å². The third-order valence-electron chi connectivity index (χ3n) is 2.66. The van der Waals surface area contributed by atoms with Crippen molar-refractivity contribution in [3.05, 3.63) is 24.0 Å². The number of phenols is 1. The number of halogens is 1. The van der Waals surface area contributed by atoms with Crippen LogP contribution in [0.25, 0.3) is 0 Å². The molecule has 0 spiro atoms. The molecule has 1 aliphatic rings.